The highest BCUT2D eigenvalue weighted by atomic mass is 16.5. The Kier molecular flexibility index (Phi) is 6.18. The summed E-state index contributed by atoms with van der Waals surface area (Å²) in [5.74, 6) is 2.76. The summed E-state index contributed by atoms with van der Waals surface area (Å²) >= 11 is 0. The second-order valence-corrected chi connectivity index (χ2v) is 6.39. The van der Waals surface area contributed by atoms with Crippen molar-refractivity contribution in [2.75, 3.05) is 19.8 Å². The molecule has 1 saturated heterocycles. The molecule has 120 valence electrons. The Morgan fingerprint density at radius 1 is 1.24 bits per heavy atom. The Hall–Kier alpha value is -0.940. The summed E-state index contributed by atoms with van der Waals surface area (Å²) in [6.45, 7) is 11.4. The predicted octanol–water partition coefficient (Wildman–Crippen LogP) is 3.09. The monoisotopic (exact) mass is 295 g/mol. The van der Waals surface area contributed by atoms with Gasteiger partial charge in [-0.15, -0.1) is 0 Å². The number of aromatic nitrogens is 2. The van der Waals surface area contributed by atoms with Crippen LogP contribution in [0.1, 0.15) is 70.5 Å². The molecule has 1 aliphatic heterocycles. The molecule has 0 saturated carbocycles. The van der Waals surface area contributed by atoms with E-state index in [1.54, 1.807) is 0 Å². The Balaban J connectivity index is 2.08. The van der Waals surface area contributed by atoms with Gasteiger partial charge in [-0.05, 0) is 38.6 Å². The molecule has 0 radical (unpaired) electrons. The van der Waals surface area contributed by atoms with Gasteiger partial charge in [-0.25, -0.2) is 0 Å². The zero-order valence-electron chi connectivity index (χ0n) is 13.8. The fourth-order valence-corrected chi connectivity index (χ4v) is 3.08. The maximum atomic E-state index is 5.60. The molecule has 2 unspecified atom stereocenters. The second kappa shape index (κ2) is 7.90. The highest BCUT2D eigenvalue weighted by Crippen LogP contribution is 2.30. The van der Waals surface area contributed by atoms with Gasteiger partial charge in [0.15, 0.2) is 5.82 Å². The highest BCUT2D eigenvalue weighted by Gasteiger charge is 2.29. The van der Waals surface area contributed by atoms with Crippen LogP contribution >= 0.6 is 0 Å². The van der Waals surface area contributed by atoms with Gasteiger partial charge in [0.1, 0.15) is 0 Å². The maximum Gasteiger partial charge on any atom is 0.231 e. The molecule has 21 heavy (non-hydrogen) atoms. The van der Waals surface area contributed by atoms with Gasteiger partial charge in [-0.1, -0.05) is 25.9 Å². The minimum absolute atomic E-state index is 0.262. The van der Waals surface area contributed by atoms with Crippen molar-refractivity contribution in [1.29, 1.82) is 0 Å². The summed E-state index contributed by atoms with van der Waals surface area (Å²) in [7, 11) is 0. The summed E-state index contributed by atoms with van der Waals surface area (Å²) in [5.41, 5.74) is 0. The average Bonchev–Trinajstić information content (AvgIpc) is 2.95. The van der Waals surface area contributed by atoms with Crippen molar-refractivity contribution in [2.45, 2.75) is 64.8 Å². The van der Waals surface area contributed by atoms with E-state index in [0.29, 0.717) is 17.9 Å². The van der Waals surface area contributed by atoms with Crippen LogP contribution in [0.3, 0.4) is 0 Å². The van der Waals surface area contributed by atoms with Crippen molar-refractivity contribution in [3.63, 3.8) is 0 Å². The van der Waals surface area contributed by atoms with E-state index >= 15 is 0 Å². The van der Waals surface area contributed by atoms with Crippen molar-refractivity contribution in [1.82, 2.24) is 15.5 Å². The molecule has 1 fully saturated rings. The van der Waals surface area contributed by atoms with Crippen LogP contribution in [0.2, 0.25) is 0 Å². The van der Waals surface area contributed by atoms with Crippen molar-refractivity contribution in [3.8, 4) is 0 Å². The number of hydrogen-bond donors (Lipinski definition) is 1. The summed E-state index contributed by atoms with van der Waals surface area (Å²) < 4.78 is 11.0. The fourth-order valence-electron chi connectivity index (χ4n) is 3.08. The largest absolute Gasteiger partial charge is 0.381 e. The predicted molar refractivity (Wildman–Crippen MR) is 82.4 cm³/mol. The molecule has 1 N–H and O–H groups in total. The molecule has 0 bridgehead atoms. The molecule has 2 atom stereocenters. The number of nitrogens with zero attached hydrogens (tertiary/aromatic N) is 2. The molecule has 5 nitrogen and oxygen atoms in total. The van der Waals surface area contributed by atoms with Crippen molar-refractivity contribution < 1.29 is 9.26 Å². The normalized spacial score (nSPS) is 19.9. The molecule has 5 heteroatoms. The smallest absolute Gasteiger partial charge is 0.231 e. The molecule has 1 aromatic rings. The SMILES string of the molecule is CCCNC(C)C(c1nc(C2CCOCC2)no1)C(C)C. The third-order valence-corrected chi connectivity index (χ3v) is 4.30. The zero-order chi connectivity index (χ0) is 15.2. The molecular weight excluding hydrogens is 266 g/mol. The quantitative estimate of drug-likeness (QED) is 0.837. The first kappa shape index (κ1) is 16.4. The third-order valence-electron chi connectivity index (χ3n) is 4.30. The summed E-state index contributed by atoms with van der Waals surface area (Å²) in [6, 6.07) is 0.341. The van der Waals surface area contributed by atoms with Crippen LogP contribution in [0.4, 0.5) is 0 Å². The molecule has 2 heterocycles. The van der Waals surface area contributed by atoms with Gasteiger partial charge < -0.3 is 14.6 Å². The van der Waals surface area contributed by atoms with E-state index in [4.69, 9.17) is 14.2 Å². The first-order chi connectivity index (χ1) is 10.1. The van der Waals surface area contributed by atoms with Crippen LogP contribution in [0.15, 0.2) is 4.52 Å². The maximum absolute atomic E-state index is 5.60. The molecule has 0 aromatic carbocycles. The highest BCUT2D eigenvalue weighted by molar-refractivity contribution is 5.03. The number of nitrogens with one attached hydrogen (secondary N) is 1. The Morgan fingerprint density at radius 3 is 2.57 bits per heavy atom. The lowest BCUT2D eigenvalue weighted by molar-refractivity contribution is 0.0830. The minimum atomic E-state index is 0.262. The van der Waals surface area contributed by atoms with E-state index in [9.17, 15) is 0 Å². The first-order valence-corrected chi connectivity index (χ1v) is 8.28. The van der Waals surface area contributed by atoms with Crippen LogP contribution < -0.4 is 5.32 Å². The lowest BCUT2D eigenvalue weighted by Crippen LogP contribution is -2.35. The van der Waals surface area contributed by atoms with E-state index in [1.165, 1.54) is 0 Å². The van der Waals surface area contributed by atoms with Crippen LogP contribution in [-0.2, 0) is 4.74 Å². The molecule has 1 aromatic heterocycles. The van der Waals surface area contributed by atoms with Gasteiger partial charge in [0.25, 0.3) is 0 Å². The first-order valence-electron chi connectivity index (χ1n) is 8.28. The van der Waals surface area contributed by atoms with Gasteiger partial charge in [-0.3, -0.25) is 0 Å². The fraction of sp³-hybridized carbons (Fsp3) is 0.875. The van der Waals surface area contributed by atoms with Crippen LogP contribution in [0.25, 0.3) is 0 Å². The number of ether oxygens (including phenoxy) is 1. The molecule has 1 aliphatic rings. The standard InChI is InChI=1S/C16H29N3O2/c1-5-8-17-12(4)14(11(2)3)16-18-15(19-21-16)13-6-9-20-10-7-13/h11-14,17H,5-10H2,1-4H3. The summed E-state index contributed by atoms with van der Waals surface area (Å²) in [6.07, 6.45) is 3.12. The van der Waals surface area contributed by atoms with Crippen molar-refractivity contribution >= 4 is 0 Å². The molecule has 2 rings (SSSR count). The Bertz CT molecular complexity index is 413. The van der Waals surface area contributed by atoms with Crippen molar-refractivity contribution in [3.05, 3.63) is 11.7 Å². The van der Waals surface area contributed by atoms with Gasteiger partial charge in [0.05, 0.1) is 5.92 Å². The average molecular weight is 295 g/mol. The summed E-state index contributed by atoms with van der Waals surface area (Å²) in [4.78, 5) is 4.71. The second-order valence-electron chi connectivity index (χ2n) is 6.39. The number of rotatable bonds is 7. The number of hydrogen-bond acceptors (Lipinski definition) is 5. The lowest BCUT2D eigenvalue weighted by Gasteiger charge is -2.25. The molecule has 0 amide bonds. The van der Waals surface area contributed by atoms with E-state index in [1.807, 2.05) is 0 Å². The zero-order valence-corrected chi connectivity index (χ0v) is 13.8. The minimum Gasteiger partial charge on any atom is -0.381 e. The Labute approximate surface area is 127 Å². The molecule has 0 aliphatic carbocycles. The molecule has 0 spiro atoms. The van der Waals surface area contributed by atoms with Crippen LogP contribution in [-0.4, -0.2) is 35.9 Å². The van der Waals surface area contributed by atoms with Gasteiger partial charge in [0, 0.05) is 25.2 Å². The van der Waals surface area contributed by atoms with Crippen LogP contribution in [0, 0.1) is 5.92 Å². The van der Waals surface area contributed by atoms with Crippen molar-refractivity contribution in [2.24, 2.45) is 5.92 Å². The topological polar surface area (TPSA) is 60.2 Å². The van der Waals surface area contributed by atoms with E-state index in [0.717, 1.165) is 50.7 Å². The van der Waals surface area contributed by atoms with Gasteiger partial charge >= 0.3 is 0 Å². The van der Waals surface area contributed by atoms with Crippen LogP contribution in [0.5, 0.6) is 0 Å². The van der Waals surface area contributed by atoms with E-state index in [2.05, 4.69) is 38.2 Å². The van der Waals surface area contributed by atoms with E-state index in [-0.39, 0.29) is 5.92 Å². The lowest BCUT2D eigenvalue weighted by atomic mass is 9.89. The summed E-state index contributed by atoms with van der Waals surface area (Å²) in [5, 5.41) is 7.79. The van der Waals surface area contributed by atoms with E-state index < -0.39 is 0 Å². The van der Waals surface area contributed by atoms with Gasteiger partial charge in [-0.2, -0.15) is 4.98 Å². The molecular formula is C16H29N3O2. The van der Waals surface area contributed by atoms with Gasteiger partial charge in [0.2, 0.25) is 5.89 Å². The Morgan fingerprint density at radius 2 is 1.95 bits per heavy atom. The third kappa shape index (κ3) is 4.27.